The van der Waals surface area contributed by atoms with Crippen LogP contribution in [0.5, 0.6) is 0 Å². The number of carbonyl (C=O) groups excluding carboxylic acids is 1. The first-order valence-electron chi connectivity index (χ1n) is 6.33. The Balaban J connectivity index is 3.85. The van der Waals surface area contributed by atoms with Crippen LogP contribution in [0.3, 0.4) is 0 Å². The lowest BCUT2D eigenvalue weighted by Crippen LogP contribution is -2.40. The van der Waals surface area contributed by atoms with E-state index in [0.717, 1.165) is 19.3 Å². The average Bonchev–Trinajstić information content (AvgIpc) is 2.33. The molecule has 0 bridgehead atoms. The molecular weight excluding hydrogens is 236 g/mol. The van der Waals surface area contributed by atoms with Crippen molar-refractivity contribution in [2.24, 2.45) is 5.73 Å². The van der Waals surface area contributed by atoms with E-state index in [2.05, 4.69) is 5.32 Å². The number of aliphatic carboxylic acids is 1. The van der Waals surface area contributed by atoms with Crippen molar-refractivity contribution in [3.63, 3.8) is 0 Å². The summed E-state index contributed by atoms with van der Waals surface area (Å²) in [5.74, 6) is -1.21. The molecule has 0 fully saturated rings. The summed E-state index contributed by atoms with van der Waals surface area (Å²) in [6, 6.07) is -0.817. The van der Waals surface area contributed by atoms with Gasteiger partial charge in [-0.15, -0.1) is 0 Å². The van der Waals surface area contributed by atoms with Gasteiger partial charge >= 0.3 is 5.97 Å². The number of ether oxygens (including phenoxy) is 1. The molecule has 4 N–H and O–H groups in total. The molecule has 0 aromatic heterocycles. The Hall–Kier alpha value is -1.14. The summed E-state index contributed by atoms with van der Waals surface area (Å²) in [6.07, 6.45) is 3.88. The van der Waals surface area contributed by atoms with Gasteiger partial charge in [0.1, 0.15) is 6.04 Å². The lowest BCUT2D eigenvalue weighted by atomic mass is 10.1. The van der Waals surface area contributed by atoms with Crippen LogP contribution in [-0.4, -0.2) is 43.3 Å². The minimum absolute atomic E-state index is 0.211. The van der Waals surface area contributed by atoms with Crippen LogP contribution in [-0.2, 0) is 14.3 Å². The lowest BCUT2D eigenvalue weighted by Gasteiger charge is -2.14. The molecule has 0 saturated heterocycles. The van der Waals surface area contributed by atoms with Gasteiger partial charge in [-0.05, 0) is 32.2 Å². The van der Waals surface area contributed by atoms with Crippen molar-refractivity contribution >= 4 is 11.9 Å². The Kier molecular flexibility index (Phi) is 10.3. The average molecular weight is 260 g/mol. The summed E-state index contributed by atoms with van der Waals surface area (Å²) in [6.45, 7) is 1.12. The summed E-state index contributed by atoms with van der Waals surface area (Å²) in [7, 11) is 1.56. The number of hydrogen-bond donors (Lipinski definition) is 3. The number of rotatable bonds is 11. The molecule has 1 unspecified atom stereocenters. The molecule has 106 valence electrons. The van der Waals surface area contributed by atoms with E-state index in [1.807, 2.05) is 0 Å². The third-order valence-corrected chi connectivity index (χ3v) is 2.58. The summed E-state index contributed by atoms with van der Waals surface area (Å²) >= 11 is 0. The maximum atomic E-state index is 11.5. The SMILES string of the molecule is COCCCC(NC(=O)CCCCCN)C(=O)O. The molecular formula is C12H24N2O4. The number of methoxy groups -OCH3 is 1. The summed E-state index contributed by atoms with van der Waals surface area (Å²) in [5, 5.41) is 11.5. The van der Waals surface area contributed by atoms with E-state index in [4.69, 9.17) is 15.6 Å². The number of unbranched alkanes of at least 4 members (excludes halogenated alkanes) is 2. The second-order valence-corrected chi connectivity index (χ2v) is 4.19. The minimum atomic E-state index is -0.999. The molecule has 6 nitrogen and oxygen atoms in total. The van der Waals surface area contributed by atoms with Crippen LogP contribution in [0.1, 0.15) is 38.5 Å². The van der Waals surface area contributed by atoms with E-state index >= 15 is 0 Å². The smallest absolute Gasteiger partial charge is 0.326 e. The number of carboxylic acids is 1. The first-order chi connectivity index (χ1) is 8.61. The Morgan fingerprint density at radius 3 is 2.56 bits per heavy atom. The van der Waals surface area contributed by atoms with Crippen LogP contribution < -0.4 is 11.1 Å². The fourth-order valence-corrected chi connectivity index (χ4v) is 1.56. The number of nitrogens with one attached hydrogen (secondary N) is 1. The first kappa shape index (κ1) is 16.9. The first-order valence-corrected chi connectivity index (χ1v) is 6.33. The van der Waals surface area contributed by atoms with Gasteiger partial charge in [-0.1, -0.05) is 6.42 Å². The number of carbonyl (C=O) groups is 2. The third-order valence-electron chi connectivity index (χ3n) is 2.58. The number of amides is 1. The lowest BCUT2D eigenvalue weighted by molar-refractivity contribution is -0.142. The zero-order chi connectivity index (χ0) is 13.8. The normalized spacial score (nSPS) is 12.1. The van der Waals surface area contributed by atoms with Crippen molar-refractivity contribution in [3.8, 4) is 0 Å². The Bertz CT molecular complexity index is 246. The van der Waals surface area contributed by atoms with E-state index in [0.29, 0.717) is 32.4 Å². The largest absolute Gasteiger partial charge is 0.480 e. The van der Waals surface area contributed by atoms with Crippen molar-refractivity contribution < 1.29 is 19.4 Å². The second-order valence-electron chi connectivity index (χ2n) is 4.19. The van der Waals surface area contributed by atoms with Crippen molar-refractivity contribution in [1.29, 1.82) is 0 Å². The van der Waals surface area contributed by atoms with Crippen LogP contribution in [0.15, 0.2) is 0 Å². The highest BCUT2D eigenvalue weighted by molar-refractivity contribution is 5.83. The Morgan fingerprint density at radius 1 is 1.28 bits per heavy atom. The summed E-state index contributed by atoms with van der Waals surface area (Å²) in [5.41, 5.74) is 5.34. The van der Waals surface area contributed by atoms with Crippen LogP contribution in [0.25, 0.3) is 0 Å². The van der Waals surface area contributed by atoms with Gasteiger partial charge in [0.25, 0.3) is 0 Å². The molecule has 0 aliphatic heterocycles. The molecule has 0 radical (unpaired) electrons. The molecule has 0 rings (SSSR count). The van der Waals surface area contributed by atoms with Crippen LogP contribution in [0.2, 0.25) is 0 Å². The van der Waals surface area contributed by atoms with Gasteiger partial charge in [0.2, 0.25) is 5.91 Å². The Labute approximate surface area is 108 Å². The fourth-order valence-electron chi connectivity index (χ4n) is 1.56. The van der Waals surface area contributed by atoms with E-state index in [-0.39, 0.29) is 5.91 Å². The maximum Gasteiger partial charge on any atom is 0.326 e. The molecule has 0 aromatic rings. The molecule has 0 saturated carbocycles. The van der Waals surface area contributed by atoms with Gasteiger partial charge in [-0.2, -0.15) is 0 Å². The predicted octanol–water partition coefficient (Wildman–Crippen LogP) is 0.502. The molecule has 1 atom stereocenters. The highest BCUT2D eigenvalue weighted by atomic mass is 16.5. The van der Waals surface area contributed by atoms with Gasteiger partial charge in [0, 0.05) is 20.1 Å². The molecule has 1 amide bonds. The highest BCUT2D eigenvalue weighted by Gasteiger charge is 2.18. The summed E-state index contributed by atoms with van der Waals surface area (Å²) < 4.78 is 4.85. The molecule has 0 aliphatic carbocycles. The number of hydrogen-bond acceptors (Lipinski definition) is 4. The van der Waals surface area contributed by atoms with Gasteiger partial charge in [-0.3, -0.25) is 4.79 Å². The van der Waals surface area contributed by atoms with Gasteiger partial charge in [0.05, 0.1) is 0 Å². The molecule has 0 aromatic carbocycles. The van der Waals surface area contributed by atoms with Crippen molar-refractivity contribution in [1.82, 2.24) is 5.32 Å². The van der Waals surface area contributed by atoms with Crippen LogP contribution in [0.4, 0.5) is 0 Å². The predicted molar refractivity (Wildman–Crippen MR) is 68.2 cm³/mol. The van der Waals surface area contributed by atoms with E-state index in [9.17, 15) is 9.59 Å². The van der Waals surface area contributed by atoms with Gasteiger partial charge in [-0.25, -0.2) is 4.79 Å². The van der Waals surface area contributed by atoms with E-state index in [1.165, 1.54) is 0 Å². The zero-order valence-corrected chi connectivity index (χ0v) is 11.0. The molecule has 18 heavy (non-hydrogen) atoms. The van der Waals surface area contributed by atoms with Crippen LogP contribution in [0, 0.1) is 0 Å². The van der Waals surface area contributed by atoms with Gasteiger partial charge in [0.15, 0.2) is 0 Å². The number of carboxylic acid groups (broad SMARTS) is 1. The topological polar surface area (TPSA) is 102 Å². The van der Waals surface area contributed by atoms with Gasteiger partial charge < -0.3 is 20.9 Å². The molecule has 0 spiro atoms. The molecule has 0 aliphatic rings. The maximum absolute atomic E-state index is 11.5. The quantitative estimate of drug-likeness (QED) is 0.470. The van der Waals surface area contributed by atoms with Crippen LogP contribution >= 0.6 is 0 Å². The monoisotopic (exact) mass is 260 g/mol. The fraction of sp³-hybridized carbons (Fsp3) is 0.833. The summed E-state index contributed by atoms with van der Waals surface area (Å²) in [4.78, 5) is 22.5. The van der Waals surface area contributed by atoms with Crippen molar-refractivity contribution in [3.05, 3.63) is 0 Å². The molecule has 0 heterocycles. The highest BCUT2D eigenvalue weighted by Crippen LogP contribution is 2.02. The number of nitrogens with two attached hydrogens (primary N) is 1. The standard InChI is InChI=1S/C12H24N2O4/c1-18-9-5-6-10(12(16)17)14-11(15)7-3-2-4-8-13/h10H,2-9,13H2,1H3,(H,14,15)(H,16,17). The molecule has 6 heteroatoms. The van der Waals surface area contributed by atoms with E-state index in [1.54, 1.807) is 7.11 Å². The second kappa shape index (κ2) is 11.0. The van der Waals surface area contributed by atoms with Crippen molar-refractivity contribution in [2.45, 2.75) is 44.6 Å². The zero-order valence-electron chi connectivity index (χ0n) is 11.0. The Morgan fingerprint density at radius 2 is 2.00 bits per heavy atom. The third kappa shape index (κ3) is 8.95. The van der Waals surface area contributed by atoms with E-state index < -0.39 is 12.0 Å². The minimum Gasteiger partial charge on any atom is -0.480 e. The van der Waals surface area contributed by atoms with Crippen molar-refractivity contribution in [2.75, 3.05) is 20.3 Å².